The first-order valence-corrected chi connectivity index (χ1v) is 9.86. The minimum Gasteiger partial charge on any atom is -0.487 e. The van der Waals surface area contributed by atoms with Gasteiger partial charge in [-0.3, -0.25) is 4.79 Å². The van der Waals surface area contributed by atoms with Crippen LogP contribution in [0.5, 0.6) is 5.06 Å². The van der Waals surface area contributed by atoms with Crippen molar-refractivity contribution in [3.63, 3.8) is 0 Å². The number of hydrogen-bond donors (Lipinski definition) is 0. The number of fused-ring (bicyclic) bond motifs is 1. The van der Waals surface area contributed by atoms with Crippen LogP contribution in [0, 0.1) is 6.92 Å². The number of carbonyl (C=O) groups is 1. The molecule has 4 heterocycles. The summed E-state index contributed by atoms with van der Waals surface area (Å²) < 4.78 is 51.0. The van der Waals surface area contributed by atoms with Crippen LogP contribution < -0.4 is 4.74 Å². The van der Waals surface area contributed by atoms with Crippen LogP contribution in [0.25, 0.3) is 11.1 Å². The highest BCUT2D eigenvalue weighted by Crippen LogP contribution is 2.38. The average Bonchev–Trinajstić information content (AvgIpc) is 3.33. The van der Waals surface area contributed by atoms with E-state index in [1.54, 1.807) is 17.0 Å². The van der Waals surface area contributed by atoms with E-state index in [1.165, 1.54) is 25.4 Å². The van der Waals surface area contributed by atoms with Crippen LogP contribution in [-0.4, -0.2) is 41.1 Å². The Labute approximate surface area is 168 Å². The van der Waals surface area contributed by atoms with Crippen molar-refractivity contribution in [3.05, 3.63) is 40.0 Å². The van der Waals surface area contributed by atoms with E-state index in [-0.39, 0.29) is 34.3 Å². The SMILES string of the molecule is COc1ccc(C(=O)N2CCC[C@@H](c3cc(C(F)(F)F)c4c(C)noc4n3)C2)s1. The van der Waals surface area contributed by atoms with Crippen LogP contribution in [0.2, 0.25) is 0 Å². The highest BCUT2D eigenvalue weighted by molar-refractivity contribution is 7.15. The van der Waals surface area contributed by atoms with Crippen molar-refractivity contribution in [2.45, 2.75) is 31.9 Å². The first kappa shape index (κ1) is 19.7. The zero-order chi connectivity index (χ0) is 20.8. The number of piperidine rings is 1. The third-order valence-electron chi connectivity index (χ3n) is 5.06. The lowest BCUT2D eigenvalue weighted by Gasteiger charge is -2.32. The van der Waals surface area contributed by atoms with Gasteiger partial charge in [-0.05, 0) is 38.0 Å². The summed E-state index contributed by atoms with van der Waals surface area (Å²) in [6.45, 7) is 2.30. The molecule has 0 aliphatic carbocycles. The van der Waals surface area contributed by atoms with E-state index >= 15 is 0 Å². The molecule has 0 N–H and O–H groups in total. The smallest absolute Gasteiger partial charge is 0.417 e. The minimum atomic E-state index is -4.55. The molecule has 1 atom stereocenters. The van der Waals surface area contributed by atoms with Gasteiger partial charge < -0.3 is 14.2 Å². The van der Waals surface area contributed by atoms with Crippen LogP contribution in [0.1, 0.15) is 45.4 Å². The molecule has 154 valence electrons. The Morgan fingerprint density at radius 1 is 1.38 bits per heavy atom. The molecule has 1 saturated heterocycles. The van der Waals surface area contributed by atoms with E-state index in [0.29, 0.717) is 35.9 Å². The van der Waals surface area contributed by atoms with E-state index < -0.39 is 11.7 Å². The second kappa shape index (κ2) is 7.33. The number of carbonyl (C=O) groups excluding carboxylic acids is 1. The van der Waals surface area contributed by atoms with Gasteiger partial charge in [-0.1, -0.05) is 16.5 Å². The van der Waals surface area contributed by atoms with Gasteiger partial charge in [-0.25, -0.2) is 4.98 Å². The van der Waals surface area contributed by atoms with Crippen LogP contribution in [-0.2, 0) is 6.18 Å². The Morgan fingerprint density at radius 3 is 2.86 bits per heavy atom. The molecule has 0 radical (unpaired) electrons. The number of amides is 1. The number of aromatic nitrogens is 2. The second-order valence-electron chi connectivity index (χ2n) is 6.95. The predicted molar refractivity (Wildman–Crippen MR) is 100 cm³/mol. The molecular weight excluding hydrogens is 407 g/mol. The summed E-state index contributed by atoms with van der Waals surface area (Å²) in [7, 11) is 1.53. The number of ether oxygens (including phenoxy) is 1. The van der Waals surface area contributed by atoms with Gasteiger partial charge in [0.2, 0.25) is 0 Å². The standard InChI is InChI=1S/C19H18F3N3O3S/c1-10-16-12(19(20,21)22)8-13(23-17(16)28-24-10)11-4-3-7-25(9-11)18(26)14-5-6-15(27-2)29-14/h5-6,8,11H,3-4,7,9H2,1-2H3/t11-/m1/s1. The Bertz CT molecular complexity index is 1060. The molecule has 3 aromatic heterocycles. The number of methoxy groups -OCH3 is 1. The van der Waals surface area contributed by atoms with Crippen molar-refractivity contribution < 1.29 is 27.2 Å². The maximum atomic E-state index is 13.6. The summed E-state index contributed by atoms with van der Waals surface area (Å²) in [6, 6.07) is 4.48. The molecule has 1 amide bonds. The quantitative estimate of drug-likeness (QED) is 0.612. The van der Waals surface area contributed by atoms with Gasteiger partial charge in [0.05, 0.1) is 34.3 Å². The van der Waals surface area contributed by atoms with Gasteiger partial charge >= 0.3 is 6.18 Å². The van der Waals surface area contributed by atoms with Crippen molar-refractivity contribution in [3.8, 4) is 5.06 Å². The lowest BCUT2D eigenvalue weighted by atomic mass is 9.92. The van der Waals surface area contributed by atoms with Gasteiger partial charge in [-0.2, -0.15) is 13.2 Å². The van der Waals surface area contributed by atoms with E-state index in [0.717, 1.165) is 6.07 Å². The van der Waals surface area contributed by atoms with Gasteiger partial charge in [0.1, 0.15) is 0 Å². The van der Waals surface area contributed by atoms with Gasteiger partial charge in [-0.15, -0.1) is 0 Å². The van der Waals surface area contributed by atoms with Gasteiger partial charge in [0, 0.05) is 19.0 Å². The molecule has 0 bridgehead atoms. The minimum absolute atomic E-state index is 0.115. The molecule has 4 rings (SSSR count). The third-order valence-corrected chi connectivity index (χ3v) is 6.10. The summed E-state index contributed by atoms with van der Waals surface area (Å²) in [5, 5.41) is 4.15. The lowest BCUT2D eigenvalue weighted by molar-refractivity contribution is -0.136. The fourth-order valence-corrected chi connectivity index (χ4v) is 4.44. The number of thiophene rings is 1. The molecule has 10 heteroatoms. The zero-order valence-electron chi connectivity index (χ0n) is 15.7. The number of likely N-dealkylation sites (tertiary alicyclic amines) is 1. The number of halogens is 3. The molecule has 1 aliphatic heterocycles. The first-order valence-electron chi connectivity index (χ1n) is 9.05. The normalized spacial score (nSPS) is 17.7. The zero-order valence-corrected chi connectivity index (χ0v) is 16.6. The summed E-state index contributed by atoms with van der Waals surface area (Å²) >= 11 is 1.24. The number of pyridine rings is 1. The number of rotatable bonds is 3. The summed E-state index contributed by atoms with van der Waals surface area (Å²) in [5.41, 5.74) is -0.512. The summed E-state index contributed by atoms with van der Waals surface area (Å²) in [4.78, 5) is 19.3. The van der Waals surface area contributed by atoms with Gasteiger partial charge in [0.15, 0.2) is 5.06 Å². The molecule has 0 unspecified atom stereocenters. The predicted octanol–water partition coefficient (Wildman–Crippen LogP) is 4.64. The fourth-order valence-electron chi connectivity index (χ4n) is 3.65. The molecule has 0 spiro atoms. The van der Waals surface area contributed by atoms with Crippen LogP contribution in [0.4, 0.5) is 13.2 Å². The van der Waals surface area contributed by atoms with Crippen LogP contribution >= 0.6 is 11.3 Å². The molecule has 29 heavy (non-hydrogen) atoms. The molecular formula is C19H18F3N3O3S. The van der Waals surface area contributed by atoms with Crippen molar-refractivity contribution >= 4 is 28.3 Å². The van der Waals surface area contributed by atoms with E-state index in [2.05, 4.69) is 10.1 Å². The topological polar surface area (TPSA) is 68.5 Å². The molecule has 0 saturated carbocycles. The van der Waals surface area contributed by atoms with Crippen molar-refractivity contribution in [2.75, 3.05) is 20.2 Å². The van der Waals surface area contributed by atoms with Crippen LogP contribution in [0.3, 0.4) is 0 Å². The van der Waals surface area contributed by atoms with Crippen molar-refractivity contribution in [1.29, 1.82) is 0 Å². The number of hydrogen-bond acceptors (Lipinski definition) is 6. The number of nitrogens with zero attached hydrogens (tertiary/aromatic N) is 3. The molecule has 1 fully saturated rings. The average molecular weight is 425 g/mol. The largest absolute Gasteiger partial charge is 0.487 e. The number of aryl methyl sites for hydroxylation is 1. The maximum Gasteiger partial charge on any atom is 0.417 e. The molecule has 6 nitrogen and oxygen atoms in total. The van der Waals surface area contributed by atoms with E-state index in [1.807, 2.05) is 0 Å². The monoisotopic (exact) mass is 425 g/mol. The van der Waals surface area contributed by atoms with Crippen molar-refractivity contribution in [2.24, 2.45) is 0 Å². The Morgan fingerprint density at radius 2 is 2.17 bits per heavy atom. The lowest BCUT2D eigenvalue weighted by Crippen LogP contribution is -2.39. The molecule has 3 aromatic rings. The first-order chi connectivity index (χ1) is 13.8. The van der Waals surface area contributed by atoms with Crippen LogP contribution in [0.15, 0.2) is 22.7 Å². The summed E-state index contributed by atoms with van der Waals surface area (Å²) in [5.74, 6) is -0.471. The van der Waals surface area contributed by atoms with E-state index in [4.69, 9.17) is 9.26 Å². The molecule has 0 aromatic carbocycles. The van der Waals surface area contributed by atoms with Gasteiger partial charge in [0.25, 0.3) is 11.6 Å². The Balaban J connectivity index is 1.64. The Kier molecular flexibility index (Phi) is 4.97. The summed E-state index contributed by atoms with van der Waals surface area (Å²) in [6.07, 6.45) is -3.24. The third kappa shape index (κ3) is 3.68. The fraction of sp³-hybridized carbons (Fsp3) is 0.421. The maximum absolute atomic E-state index is 13.6. The Hall–Kier alpha value is -2.62. The highest BCUT2D eigenvalue weighted by atomic mass is 32.1. The number of alkyl halides is 3. The molecule has 1 aliphatic rings. The van der Waals surface area contributed by atoms with Crippen molar-refractivity contribution in [1.82, 2.24) is 15.0 Å². The second-order valence-corrected chi connectivity index (χ2v) is 8.00. The highest BCUT2D eigenvalue weighted by Gasteiger charge is 2.37. The van der Waals surface area contributed by atoms with E-state index in [9.17, 15) is 18.0 Å².